The van der Waals surface area contributed by atoms with Crippen molar-refractivity contribution >= 4 is 11.7 Å². The van der Waals surface area contributed by atoms with Crippen molar-refractivity contribution in [3.05, 3.63) is 102 Å². The van der Waals surface area contributed by atoms with Crippen LogP contribution in [0.4, 0.5) is 5.69 Å². The lowest BCUT2D eigenvalue weighted by molar-refractivity contribution is 0.0697. The van der Waals surface area contributed by atoms with E-state index in [1.165, 1.54) is 23.9 Å². The van der Waals surface area contributed by atoms with Gasteiger partial charge in [0.1, 0.15) is 0 Å². The molecule has 0 atom stereocenters. The third kappa shape index (κ3) is 5.81. The van der Waals surface area contributed by atoms with Crippen molar-refractivity contribution in [1.29, 1.82) is 0 Å². The van der Waals surface area contributed by atoms with Gasteiger partial charge in [-0.05, 0) is 12.2 Å². The maximum absolute atomic E-state index is 11.8. The molecule has 1 aromatic heterocycles. The van der Waals surface area contributed by atoms with Crippen molar-refractivity contribution in [3.8, 4) is 0 Å². The predicted molar refractivity (Wildman–Crippen MR) is 98.2 cm³/mol. The molecule has 24 heavy (non-hydrogen) atoms. The minimum Gasteiger partial charge on any atom is -0.478 e. The molecule has 0 radical (unpaired) electrons. The first-order valence-corrected chi connectivity index (χ1v) is 7.15. The van der Waals surface area contributed by atoms with Gasteiger partial charge in [0.15, 0.2) is 0 Å². The molecular weight excluding hydrogens is 304 g/mol. The molecule has 0 aliphatic heterocycles. The van der Waals surface area contributed by atoms with Crippen molar-refractivity contribution in [3.63, 3.8) is 0 Å². The number of nitrogens with one attached hydrogen (secondary N) is 1. The zero-order chi connectivity index (χ0) is 17.9. The number of hydrogen-bond donors (Lipinski definition) is 2. The number of anilines is 1. The molecule has 0 fully saturated rings. The monoisotopic (exact) mass is 324 g/mol. The van der Waals surface area contributed by atoms with Crippen LogP contribution >= 0.6 is 0 Å². The normalized spacial score (nSPS) is 12.1. The van der Waals surface area contributed by atoms with E-state index in [9.17, 15) is 14.7 Å². The van der Waals surface area contributed by atoms with Gasteiger partial charge in [-0.15, -0.1) is 0 Å². The van der Waals surface area contributed by atoms with E-state index < -0.39 is 5.97 Å². The summed E-state index contributed by atoms with van der Waals surface area (Å²) >= 11 is 0. The van der Waals surface area contributed by atoms with Crippen molar-refractivity contribution < 1.29 is 9.90 Å². The van der Waals surface area contributed by atoms with Crippen LogP contribution in [0.3, 0.4) is 0 Å². The Hall–Kier alpha value is -3.34. The minimum absolute atomic E-state index is 0.00456. The Kier molecular flexibility index (Phi) is 7.51. The number of pyridine rings is 1. The van der Waals surface area contributed by atoms with Gasteiger partial charge in [0, 0.05) is 25.0 Å². The fraction of sp³-hybridized carbons (Fsp3) is 0.0526. The molecule has 1 rings (SSSR count). The number of carboxylic acids is 1. The fourth-order valence-corrected chi connectivity index (χ4v) is 1.76. The molecule has 5 nitrogen and oxygen atoms in total. The largest absolute Gasteiger partial charge is 0.478 e. The van der Waals surface area contributed by atoms with Gasteiger partial charge in [-0.1, -0.05) is 55.7 Å². The highest BCUT2D eigenvalue weighted by molar-refractivity contribution is 5.94. The summed E-state index contributed by atoms with van der Waals surface area (Å²) in [6.07, 6.45) is 16.9. The van der Waals surface area contributed by atoms with E-state index >= 15 is 0 Å². The second-order valence-corrected chi connectivity index (χ2v) is 4.70. The third-order valence-corrected chi connectivity index (χ3v) is 2.89. The molecule has 0 spiro atoms. The highest BCUT2D eigenvalue weighted by Crippen LogP contribution is 2.15. The van der Waals surface area contributed by atoms with Crippen molar-refractivity contribution in [2.75, 3.05) is 5.32 Å². The maximum Gasteiger partial charge on any atom is 0.339 e. The molecule has 0 bridgehead atoms. The van der Waals surface area contributed by atoms with Crippen LogP contribution in [0.5, 0.6) is 0 Å². The smallest absolute Gasteiger partial charge is 0.339 e. The zero-order valence-electron chi connectivity index (χ0n) is 13.5. The number of hydrogen-bond acceptors (Lipinski definition) is 3. The lowest BCUT2D eigenvalue weighted by Crippen LogP contribution is -2.19. The highest BCUT2D eigenvalue weighted by atomic mass is 16.4. The molecule has 1 aromatic rings. The minimum atomic E-state index is -1.12. The fourth-order valence-electron chi connectivity index (χ4n) is 1.76. The summed E-state index contributed by atoms with van der Waals surface area (Å²) in [6, 6.07) is 1.25. The zero-order valence-corrected chi connectivity index (χ0v) is 13.5. The van der Waals surface area contributed by atoms with Gasteiger partial charge in [0.05, 0.1) is 11.3 Å². The number of aromatic nitrogens is 1. The number of rotatable bonds is 8. The van der Waals surface area contributed by atoms with Gasteiger partial charge >= 0.3 is 5.97 Å². The highest BCUT2D eigenvalue weighted by Gasteiger charge is 2.12. The Balaban J connectivity index is 3.07. The molecule has 2 N–H and O–H groups in total. The number of aromatic carboxylic acids is 1. The van der Waals surface area contributed by atoms with Crippen LogP contribution in [-0.2, 0) is 7.05 Å². The first-order valence-electron chi connectivity index (χ1n) is 7.15. The average molecular weight is 324 g/mol. The Labute approximate surface area is 140 Å². The van der Waals surface area contributed by atoms with Gasteiger partial charge in [-0.2, -0.15) is 0 Å². The van der Waals surface area contributed by atoms with E-state index in [4.69, 9.17) is 0 Å². The van der Waals surface area contributed by atoms with Gasteiger partial charge in [-0.25, -0.2) is 4.79 Å². The third-order valence-electron chi connectivity index (χ3n) is 2.89. The Bertz CT molecular complexity index is 793. The van der Waals surface area contributed by atoms with Crippen LogP contribution in [0, 0.1) is 0 Å². The van der Waals surface area contributed by atoms with E-state index in [0.717, 1.165) is 0 Å². The summed E-state index contributed by atoms with van der Waals surface area (Å²) in [6.45, 7) is 7.20. The lowest BCUT2D eigenvalue weighted by atomic mass is 10.2. The van der Waals surface area contributed by atoms with E-state index in [1.807, 2.05) is 12.2 Å². The van der Waals surface area contributed by atoms with Gasteiger partial charge in [-0.3, -0.25) is 4.79 Å². The van der Waals surface area contributed by atoms with Crippen LogP contribution < -0.4 is 10.9 Å². The van der Waals surface area contributed by atoms with Crippen LogP contribution in [0.25, 0.3) is 0 Å². The van der Waals surface area contributed by atoms with E-state index in [1.54, 1.807) is 42.5 Å². The Morgan fingerprint density at radius 1 is 1.17 bits per heavy atom. The molecule has 5 heteroatoms. The summed E-state index contributed by atoms with van der Waals surface area (Å²) in [5, 5.41) is 12.2. The van der Waals surface area contributed by atoms with Gasteiger partial charge in [0.25, 0.3) is 5.56 Å². The summed E-state index contributed by atoms with van der Waals surface area (Å²) in [5.41, 5.74) is 0.515. The topological polar surface area (TPSA) is 71.3 Å². The molecular formula is C19H20N2O3. The van der Waals surface area contributed by atoms with Crippen molar-refractivity contribution in [2.24, 2.45) is 7.05 Å². The molecule has 0 saturated carbocycles. The number of aryl methyl sites for hydroxylation is 1. The molecule has 1 heterocycles. The number of carbonyl (C=O) groups is 1. The Morgan fingerprint density at radius 3 is 2.46 bits per heavy atom. The van der Waals surface area contributed by atoms with Crippen LogP contribution in [-0.4, -0.2) is 15.6 Å². The number of nitrogens with zero attached hydrogens (tertiary/aromatic N) is 1. The maximum atomic E-state index is 11.8. The van der Waals surface area contributed by atoms with Gasteiger partial charge < -0.3 is 15.0 Å². The molecule has 0 unspecified atom stereocenters. The van der Waals surface area contributed by atoms with Crippen LogP contribution in [0.1, 0.15) is 10.4 Å². The lowest BCUT2D eigenvalue weighted by Gasteiger charge is -2.11. The Morgan fingerprint density at radius 2 is 1.83 bits per heavy atom. The van der Waals surface area contributed by atoms with Crippen molar-refractivity contribution in [1.82, 2.24) is 4.57 Å². The quantitative estimate of drug-likeness (QED) is 0.719. The molecule has 124 valence electrons. The molecule has 0 aliphatic rings. The van der Waals surface area contributed by atoms with E-state index in [0.29, 0.717) is 5.70 Å². The molecule has 0 amide bonds. The standard InChI is InChI=1S/C19H20N2O3/c1-4-6-7-8-9-10-12-15(11-5-2)20-17-13-18(22)21(3)14-16(17)19(23)24/h4-14,20H,1-2H2,3H3,(H,23,24)/b7-6-,9-8-,12-10-,15-11+. The van der Waals surface area contributed by atoms with E-state index in [2.05, 4.69) is 18.5 Å². The average Bonchev–Trinajstić information content (AvgIpc) is 2.53. The first kappa shape index (κ1) is 18.7. The summed E-state index contributed by atoms with van der Waals surface area (Å²) in [5.74, 6) is -1.12. The number of carboxylic acid groups (broad SMARTS) is 1. The summed E-state index contributed by atoms with van der Waals surface area (Å²) in [7, 11) is 1.50. The first-order chi connectivity index (χ1) is 11.5. The van der Waals surface area contributed by atoms with E-state index in [-0.39, 0.29) is 16.8 Å². The van der Waals surface area contributed by atoms with Crippen LogP contribution in [0.2, 0.25) is 0 Å². The molecule has 0 aromatic carbocycles. The second-order valence-electron chi connectivity index (χ2n) is 4.70. The summed E-state index contributed by atoms with van der Waals surface area (Å²) < 4.78 is 1.22. The summed E-state index contributed by atoms with van der Waals surface area (Å²) in [4.78, 5) is 23.1. The SMILES string of the molecule is C=C\C=C/C=C\C=C/C(=C\C=C)Nc1cc(=O)n(C)cc1C(=O)O. The second kappa shape index (κ2) is 9.63. The number of allylic oxidation sites excluding steroid dienone is 9. The molecule has 0 aliphatic carbocycles. The van der Waals surface area contributed by atoms with Gasteiger partial charge in [0.2, 0.25) is 0 Å². The van der Waals surface area contributed by atoms with Crippen LogP contribution in [0.15, 0.2) is 90.6 Å². The van der Waals surface area contributed by atoms with Crippen molar-refractivity contribution in [2.45, 2.75) is 0 Å². The predicted octanol–water partition coefficient (Wildman–Crippen LogP) is 3.42. The molecule has 0 saturated heterocycles.